The Morgan fingerprint density at radius 2 is 2.22 bits per heavy atom. The first-order chi connectivity index (χ1) is 10.9. The average molecular weight is 336 g/mol. The van der Waals surface area contributed by atoms with Gasteiger partial charge in [0.15, 0.2) is 0 Å². The van der Waals surface area contributed by atoms with E-state index in [4.69, 9.17) is 4.74 Å². The van der Waals surface area contributed by atoms with Gasteiger partial charge in [0.25, 0.3) is 0 Å². The van der Waals surface area contributed by atoms with Gasteiger partial charge in [0.1, 0.15) is 10.9 Å². The number of carboxylic acids is 1. The molecule has 2 heterocycles. The Bertz CT molecular complexity index is 865. The lowest BCUT2D eigenvalue weighted by atomic mass is 10.2. The van der Waals surface area contributed by atoms with Gasteiger partial charge in [-0.2, -0.15) is 4.31 Å². The number of pyridine rings is 1. The second-order valence-electron chi connectivity index (χ2n) is 5.39. The number of hydrogen-bond donors (Lipinski definition) is 1. The second-order valence-corrected chi connectivity index (χ2v) is 7.24. The lowest BCUT2D eigenvalue weighted by Crippen LogP contribution is -2.52. The molecule has 1 aliphatic heterocycles. The van der Waals surface area contributed by atoms with Crippen molar-refractivity contribution in [3.05, 3.63) is 36.0 Å². The molecule has 7 nitrogen and oxygen atoms in total. The fourth-order valence-electron chi connectivity index (χ4n) is 2.65. The minimum atomic E-state index is -3.99. The molecule has 8 heteroatoms. The summed E-state index contributed by atoms with van der Waals surface area (Å²) in [7, 11) is -3.99. The molecule has 0 amide bonds. The first-order valence-electron chi connectivity index (χ1n) is 7.09. The van der Waals surface area contributed by atoms with E-state index in [-0.39, 0.29) is 24.7 Å². The minimum Gasteiger partial charge on any atom is -0.480 e. The van der Waals surface area contributed by atoms with Gasteiger partial charge in [-0.1, -0.05) is 12.1 Å². The molecule has 1 aromatic carbocycles. The van der Waals surface area contributed by atoms with Crippen LogP contribution >= 0.6 is 0 Å². The summed E-state index contributed by atoms with van der Waals surface area (Å²) in [5.41, 5.74) is 1.26. The average Bonchev–Trinajstić information content (AvgIpc) is 2.53. The highest BCUT2D eigenvalue weighted by molar-refractivity contribution is 7.89. The van der Waals surface area contributed by atoms with Gasteiger partial charge in [0, 0.05) is 18.1 Å². The molecule has 0 bridgehead atoms. The van der Waals surface area contributed by atoms with Crippen LogP contribution in [0.15, 0.2) is 35.4 Å². The Hall–Kier alpha value is -2.03. The first kappa shape index (κ1) is 15.9. The predicted molar refractivity (Wildman–Crippen MR) is 82.6 cm³/mol. The molecule has 1 unspecified atom stereocenters. The van der Waals surface area contributed by atoms with Gasteiger partial charge in [-0.3, -0.25) is 9.78 Å². The molecule has 1 atom stereocenters. The van der Waals surface area contributed by atoms with Crippen molar-refractivity contribution in [1.29, 1.82) is 0 Å². The first-order valence-corrected chi connectivity index (χ1v) is 8.53. The van der Waals surface area contributed by atoms with Gasteiger partial charge in [-0.05, 0) is 24.6 Å². The lowest BCUT2D eigenvalue weighted by molar-refractivity contribution is -0.146. The van der Waals surface area contributed by atoms with Gasteiger partial charge in [-0.15, -0.1) is 0 Å². The van der Waals surface area contributed by atoms with E-state index in [9.17, 15) is 18.3 Å². The van der Waals surface area contributed by atoms with Crippen molar-refractivity contribution in [3.8, 4) is 0 Å². The molecule has 1 N–H and O–H groups in total. The minimum absolute atomic E-state index is 0.00154. The van der Waals surface area contributed by atoms with Crippen LogP contribution < -0.4 is 0 Å². The summed E-state index contributed by atoms with van der Waals surface area (Å²) < 4.78 is 32.0. The van der Waals surface area contributed by atoms with Crippen LogP contribution in [-0.2, 0) is 19.6 Å². The summed E-state index contributed by atoms with van der Waals surface area (Å²) in [6, 6.07) is 5.48. The normalized spacial score (nSPS) is 19.8. The molecule has 2 aromatic rings. The third-order valence-electron chi connectivity index (χ3n) is 3.76. The van der Waals surface area contributed by atoms with Gasteiger partial charge in [-0.25, -0.2) is 8.42 Å². The standard InChI is InChI=1S/C15H16N2O5S/c1-10-7-11-3-2-4-13(14(11)16-8-10)23(20,21)17-5-6-22-9-12(17)15(18)19/h2-4,7-8,12H,5-6,9H2,1H3,(H,18,19). The smallest absolute Gasteiger partial charge is 0.324 e. The highest BCUT2D eigenvalue weighted by Crippen LogP contribution is 2.27. The van der Waals surface area contributed by atoms with Crippen molar-refractivity contribution in [1.82, 2.24) is 9.29 Å². The van der Waals surface area contributed by atoms with Crippen LogP contribution in [0.5, 0.6) is 0 Å². The van der Waals surface area contributed by atoms with Crippen LogP contribution in [0.2, 0.25) is 0 Å². The van der Waals surface area contributed by atoms with Gasteiger partial charge < -0.3 is 9.84 Å². The van der Waals surface area contributed by atoms with Crippen LogP contribution in [0.4, 0.5) is 0 Å². The van der Waals surface area contributed by atoms with Crippen LogP contribution in [-0.4, -0.2) is 54.6 Å². The Morgan fingerprint density at radius 1 is 1.43 bits per heavy atom. The number of ether oxygens (including phenoxy) is 1. The van der Waals surface area contributed by atoms with Crippen molar-refractivity contribution in [2.24, 2.45) is 0 Å². The third kappa shape index (κ3) is 2.80. The number of fused-ring (bicyclic) bond motifs is 1. The maximum Gasteiger partial charge on any atom is 0.324 e. The third-order valence-corrected chi connectivity index (χ3v) is 5.70. The maximum atomic E-state index is 13.0. The topological polar surface area (TPSA) is 96.8 Å². The molecule has 1 aliphatic rings. The number of rotatable bonds is 3. The molecule has 1 saturated heterocycles. The van der Waals surface area contributed by atoms with Gasteiger partial charge in [0.2, 0.25) is 10.0 Å². The van der Waals surface area contributed by atoms with Crippen molar-refractivity contribution in [3.63, 3.8) is 0 Å². The van der Waals surface area contributed by atoms with Crippen LogP contribution in [0.1, 0.15) is 5.56 Å². The van der Waals surface area contributed by atoms with Crippen molar-refractivity contribution >= 4 is 26.9 Å². The number of para-hydroxylation sites is 1. The van der Waals surface area contributed by atoms with E-state index in [1.54, 1.807) is 18.3 Å². The number of hydrogen-bond acceptors (Lipinski definition) is 5. The number of aryl methyl sites for hydroxylation is 1. The predicted octanol–water partition coefficient (Wildman–Crippen LogP) is 1.02. The summed E-state index contributed by atoms with van der Waals surface area (Å²) in [5, 5.41) is 9.97. The van der Waals surface area contributed by atoms with Gasteiger partial charge in [0.05, 0.1) is 18.7 Å². The molecular formula is C15H16N2O5S. The molecule has 0 radical (unpaired) electrons. The molecular weight excluding hydrogens is 320 g/mol. The molecule has 1 aromatic heterocycles. The number of sulfonamides is 1. The zero-order valence-corrected chi connectivity index (χ0v) is 13.3. The molecule has 122 valence electrons. The molecule has 0 aliphatic carbocycles. The highest BCUT2D eigenvalue weighted by atomic mass is 32.2. The van der Waals surface area contributed by atoms with Crippen molar-refractivity contribution < 1.29 is 23.1 Å². The van der Waals surface area contributed by atoms with E-state index < -0.39 is 22.0 Å². The Kier molecular flexibility index (Phi) is 4.05. The van der Waals surface area contributed by atoms with Gasteiger partial charge >= 0.3 is 5.97 Å². The molecule has 3 rings (SSSR count). The number of benzene rings is 1. The van der Waals surface area contributed by atoms with Crippen LogP contribution in [0, 0.1) is 6.92 Å². The summed E-state index contributed by atoms with van der Waals surface area (Å²) in [4.78, 5) is 15.6. The largest absolute Gasteiger partial charge is 0.480 e. The zero-order chi connectivity index (χ0) is 16.6. The van der Waals surface area contributed by atoms with Crippen molar-refractivity contribution in [2.45, 2.75) is 17.9 Å². The molecule has 0 saturated carbocycles. The summed E-state index contributed by atoms with van der Waals surface area (Å²) in [5.74, 6) is -1.22. The molecule has 0 spiro atoms. The summed E-state index contributed by atoms with van der Waals surface area (Å²) in [6.07, 6.45) is 1.59. The number of aromatic nitrogens is 1. The number of carbonyl (C=O) groups is 1. The lowest BCUT2D eigenvalue weighted by Gasteiger charge is -2.31. The van der Waals surface area contributed by atoms with Crippen molar-refractivity contribution in [2.75, 3.05) is 19.8 Å². The number of morpholine rings is 1. The second kappa shape index (κ2) is 5.88. The van der Waals surface area contributed by atoms with E-state index in [1.807, 2.05) is 13.0 Å². The van der Waals surface area contributed by atoms with E-state index in [2.05, 4.69) is 4.98 Å². The Balaban J connectivity index is 2.14. The number of nitrogens with zero attached hydrogens (tertiary/aromatic N) is 2. The van der Waals surface area contributed by atoms with E-state index >= 15 is 0 Å². The van der Waals surface area contributed by atoms with Crippen LogP contribution in [0.25, 0.3) is 10.9 Å². The maximum absolute atomic E-state index is 13.0. The fraction of sp³-hybridized carbons (Fsp3) is 0.333. The summed E-state index contributed by atoms with van der Waals surface area (Å²) in [6.45, 7) is 1.88. The Labute approximate surface area is 133 Å². The molecule has 1 fully saturated rings. The fourth-order valence-corrected chi connectivity index (χ4v) is 4.37. The monoisotopic (exact) mass is 336 g/mol. The zero-order valence-electron chi connectivity index (χ0n) is 12.5. The van der Waals surface area contributed by atoms with E-state index in [0.29, 0.717) is 10.9 Å². The van der Waals surface area contributed by atoms with Crippen LogP contribution in [0.3, 0.4) is 0 Å². The highest BCUT2D eigenvalue weighted by Gasteiger charge is 2.39. The summed E-state index contributed by atoms with van der Waals surface area (Å²) >= 11 is 0. The Morgan fingerprint density at radius 3 is 2.96 bits per heavy atom. The quantitative estimate of drug-likeness (QED) is 0.899. The number of aliphatic carboxylic acids is 1. The number of carboxylic acid groups (broad SMARTS) is 1. The SMILES string of the molecule is Cc1cnc2c(S(=O)(=O)N3CCOCC3C(=O)O)cccc2c1. The molecule has 23 heavy (non-hydrogen) atoms. The van der Waals surface area contributed by atoms with E-state index in [0.717, 1.165) is 9.87 Å². The van der Waals surface area contributed by atoms with E-state index in [1.165, 1.54) is 6.07 Å².